The second-order valence-corrected chi connectivity index (χ2v) is 8.25. The summed E-state index contributed by atoms with van der Waals surface area (Å²) in [5.74, 6) is 0.698. The molecule has 33 heavy (non-hydrogen) atoms. The first-order valence-electron chi connectivity index (χ1n) is 10.9. The van der Waals surface area contributed by atoms with Crippen molar-refractivity contribution in [3.63, 3.8) is 0 Å². The maximum absolute atomic E-state index is 6.25. The number of aryl methyl sites for hydroxylation is 1. The Hall–Kier alpha value is -4.44. The smallest absolute Gasteiger partial charge is 0.144 e. The number of aromatic nitrogens is 2. The van der Waals surface area contributed by atoms with Gasteiger partial charge < -0.3 is 8.83 Å². The van der Waals surface area contributed by atoms with Crippen LogP contribution < -0.4 is 0 Å². The van der Waals surface area contributed by atoms with Crippen LogP contribution >= 0.6 is 0 Å². The molecule has 4 heteroatoms. The van der Waals surface area contributed by atoms with Crippen molar-refractivity contribution in [2.45, 2.75) is 6.92 Å². The van der Waals surface area contributed by atoms with Crippen LogP contribution in [-0.2, 0) is 0 Å². The van der Waals surface area contributed by atoms with Crippen LogP contribution in [0.25, 0.3) is 66.4 Å². The summed E-state index contributed by atoms with van der Waals surface area (Å²) in [6, 6.07) is 30.6. The third kappa shape index (κ3) is 2.71. The first-order chi connectivity index (χ1) is 16.3. The molecule has 0 atom stereocenters. The van der Waals surface area contributed by atoms with Crippen LogP contribution in [0.2, 0.25) is 0 Å². The van der Waals surface area contributed by atoms with Crippen LogP contribution in [0.15, 0.2) is 99.8 Å². The Labute approximate surface area is 189 Å². The maximum atomic E-state index is 6.25. The summed E-state index contributed by atoms with van der Waals surface area (Å²) in [4.78, 5) is 9.54. The van der Waals surface area contributed by atoms with Crippen molar-refractivity contribution < 1.29 is 8.83 Å². The molecule has 0 aliphatic carbocycles. The van der Waals surface area contributed by atoms with Crippen molar-refractivity contribution >= 4 is 43.9 Å². The molecule has 0 saturated heterocycles. The molecule has 4 aromatic carbocycles. The van der Waals surface area contributed by atoms with Gasteiger partial charge in [-0.1, -0.05) is 60.7 Å². The lowest BCUT2D eigenvalue weighted by atomic mass is 10.0. The molecule has 4 nitrogen and oxygen atoms in total. The van der Waals surface area contributed by atoms with Gasteiger partial charge in [0, 0.05) is 32.7 Å². The van der Waals surface area contributed by atoms with Gasteiger partial charge in [-0.3, -0.25) is 0 Å². The fraction of sp³-hybridized carbons (Fsp3) is 0.0345. The van der Waals surface area contributed by atoms with E-state index < -0.39 is 0 Å². The Morgan fingerprint density at radius 3 is 1.48 bits per heavy atom. The monoisotopic (exact) mass is 426 g/mol. The van der Waals surface area contributed by atoms with Crippen molar-refractivity contribution in [1.82, 2.24) is 9.97 Å². The van der Waals surface area contributed by atoms with Crippen LogP contribution in [0, 0.1) is 6.92 Å². The lowest BCUT2D eigenvalue weighted by Crippen LogP contribution is -1.95. The molecule has 3 aromatic heterocycles. The van der Waals surface area contributed by atoms with Gasteiger partial charge in [0.15, 0.2) is 0 Å². The van der Waals surface area contributed by atoms with E-state index in [0.29, 0.717) is 5.82 Å². The van der Waals surface area contributed by atoms with E-state index in [1.54, 1.807) is 0 Å². The minimum atomic E-state index is 0.698. The zero-order valence-electron chi connectivity index (χ0n) is 17.9. The zero-order chi connectivity index (χ0) is 21.9. The minimum Gasteiger partial charge on any atom is -0.455 e. The van der Waals surface area contributed by atoms with E-state index in [1.165, 1.54) is 0 Å². The third-order valence-electron chi connectivity index (χ3n) is 6.20. The Balaban J connectivity index is 1.48. The summed E-state index contributed by atoms with van der Waals surface area (Å²) < 4.78 is 12.5. The molecule has 7 rings (SSSR count). The minimum absolute atomic E-state index is 0.698. The number of benzene rings is 4. The predicted molar refractivity (Wildman–Crippen MR) is 132 cm³/mol. The summed E-state index contributed by atoms with van der Waals surface area (Å²) in [5.41, 5.74) is 6.98. The van der Waals surface area contributed by atoms with Crippen molar-refractivity contribution in [1.29, 1.82) is 0 Å². The molecule has 0 spiro atoms. The van der Waals surface area contributed by atoms with E-state index in [-0.39, 0.29) is 0 Å². The molecular weight excluding hydrogens is 408 g/mol. The highest BCUT2D eigenvalue weighted by Crippen LogP contribution is 2.38. The topological polar surface area (TPSA) is 52.1 Å². The van der Waals surface area contributed by atoms with E-state index in [2.05, 4.69) is 48.5 Å². The van der Waals surface area contributed by atoms with Crippen LogP contribution in [0.3, 0.4) is 0 Å². The molecule has 0 saturated carbocycles. The second-order valence-electron chi connectivity index (χ2n) is 8.25. The van der Waals surface area contributed by atoms with Gasteiger partial charge >= 0.3 is 0 Å². The number of para-hydroxylation sites is 4. The molecule has 3 heterocycles. The molecular formula is C29H18N2O2. The summed E-state index contributed by atoms with van der Waals surface area (Å²) >= 11 is 0. The quantitative estimate of drug-likeness (QED) is 0.282. The highest BCUT2D eigenvalue weighted by atomic mass is 16.3. The summed E-state index contributed by atoms with van der Waals surface area (Å²) in [7, 11) is 0. The number of nitrogens with zero attached hydrogens (tertiary/aromatic N) is 2. The van der Waals surface area contributed by atoms with Crippen LogP contribution in [0.5, 0.6) is 0 Å². The van der Waals surface area contributed by atoms with Gasteiger partial charge in [0.2, 0.25) is 0 Å². The summed E-state index contributed by atoms with van der Waals surface area (Å²) in [6.45, 7) is 1.92. The van der Waals surface area contributed by atoms with Gasteiger partial charge in [-0.2, -0.15) is 0 Å². The number of hydrogen-bond acceptors (Lipinski definition) is 4. The SMILES string of the molecule is Cc1nc(-c2cccc3c2oc2ccccc23)cc(-c2cccc3c2oc2ccccc23)n1. The van der Waals surface area contributed by atoms with Crippen molar-refractivity contribution in [3.8, 4) is 22.5 Å². The number of hydrogen-bond donors (Lipinski definition) is 0. The Morgan fingerprint density at radius 2 is 0.970 bits per heavy atom. The van der Waals surface area contributed by atoms with E-state index >= 15 is 0 Å². The molecule has 0 N–H and O–H groups in total. The van der Waals surface area contributed by atoms with Gasteiger partial charge in [-0.25, -0.2) is 9.97 Å². The van der Waals surface area contributed by atoms with E-state index in [9.17, 15) is 0 Å². The highest BCUT2D eigenvalue weighted by molar-refractivity contribution is 6.10. The number of furan rings is 2. The lowest BCUT2D eigenvalue weighted by molar-refractivity contribution is 0.669. The van der Waals surface area contributed by atoms with Crippen molar-refractivity contribution in [2.24, 2.45) is 0 Å². The average Bonchev–Trinajstić information content (AvgIpc) is 3.42. The Bertz CT molecular complexity index is 1710. The largest absolute Gasteiger partial charge is 0.455 e. The fourth-order valence-electron chi connectivity index (χ4n) is 4.74. The molecule has 0 amide bonds. The van der Waals surface area contributed by atoms with Gasteiger partial charge in [0.25, 0.3) is 0 Å². The third-order valence-corrected chi connectivity index (χ3v) is 6.20. The molecule has 0 aliphatic heterocycles. The highest BCUT2D eigenvalue weighted by Gasteiger charge is 2.17. The van der Waals surface area contributed by atoms with Gasteiger partial charge in [-0.05, 0) is 37.3 Å². The summed E-state index contributed by atoms with van der Waals surface area (Å²) in [5, 5.41) is 4.38. The average molecular weight is 426 g/mol. The second kappa shape index (κ2) is 6.78. The van der Waals surface area contributed by atoms with Gasteiger partial charge in [0.1, 0.15) is 28.2 Å². The molecule has 156 valence electrons. The van der Waals surface area contributed by atoms with Crippen molar-refractivity contribution in [2.75, 3.05) is 0 Å². The van der Waals surface area contributed by atoms with E-state index in [1.807, 2.05) is 49.4 Å². The van der Waals surface area contributed by atoms with Gasteiger partial charge in [-0.15, -0.1) is 0 Å². The normalized spacial score (nSPS) is 11.8. The van der Waals surface area contributed by atoms with E-state index in [0.717, 1.165) is 66.4 Å². The molecule has 7 aromatic rings. The maximum Gasteiger partial charge on any atom is 0.144 e. The lowest BCUT2D eigenvalue weighted by Gasteiger charge is -2.08. The Kier molecular flexibility index (Phi) is 3.73. The molecule has 0 fully saturated rings. The first-order valence-corrected chi connectivity index (χ1v) is 10.9. The zero-order valence-corrected chi connectivity index (χ0v) is 17.9. The molecule has 0 aliphatic rings. The molecule has 0 bridgehead atoms. The number of rotatable bonds is 2. The summed E-state index contributed by atoms with van der Waals surface area (Å²) in [6.07, 6.45) is 0. The predicted octanol–water partition coefficient (Wildman–Crippen LogP) is 7.92. The van der Waals surface area contributed by atoms with Crippen molar-refractivity contribution in [3.05, 3.63) is 96.8 Å². The van der Waals surface area contributed by atoms with Crippen LogP contribution in [0.1, 0.15) is 5.82 Å². The van der Waals surface area contributed by atoms with E-state index in [4.69, 9.17) is 18.8 Å². The molecule has 0 radical (unpaired) electrons. The molecule has 0 unspecified atom stereocenters. The van der Waals surface area contributed by atoms with Gasteiger partial charge in [0.05, 0.1) is 11.4 Å². The Morgan fingerprint density at radius 1 is 0.515 bits per heavy atom. The standard InChI is InChI=1S/C29H18N2O2/c1-17-30-24(22-12-6-10-20-18-8-2-4-14-26(18)32-28(20)22)16-25(31-17)23-13-7-11-21-19-9-3-5-15-27(19)33-29(21)23/h2-16H,1H3. The van der Waals surface area contributed by atoms with Crippen LogP contribution in [0.4, 0.5) is 0 Å². The number of fused-ring (bicyclic) bond motifs is 6. The first kappa shape index (κ1) is 18.2. The van der Waals surface area contributed by atoms with Crippen LogP contribution in [-0.4, -0.2) is 9.97 Å². The fourth-order valence-corrected chi connectivity index (χ4v) is 4.74.